The smallest absolute Gasteiger partial charge is 0.251 e. The molecule has 4 saturated heterocycles. The maximum absolute atomic E-state index is 14.6. The SMILES string of the molecule is CCCCCOc1ccc(-c2ccc(-c3ccc(C(=O)NC4CC(O)CNC(=O)C5C(O)C(C)CN5C(=O)C(C(C)O)NC(=O)C(C(O)Cc5ccc(O[C@H]6O[C@@H](CN=[N+]=[N-])[C@H](O)[C@@H](O)[C@@H]6O)cc5)NC(=O)C5CC(O)CN5C(=O)C(C(C)O)NC4=O)cc3)cc2)cc1. The fraction of sp³-hybridized carbons (Fsp3) is 0.516. The quantitative estimate of drug-likeness (QED) is 0.0247. The summed E-state index contributed by atoms with van der Waals surface area (Å²) in [4.78, 5) is 105. The predicted octanol–water partition coefficient (Wildman–Crippen LogP) is -0.945. The number of aliphatic hydroxyl groups is 9. The van der Waals surface area contributed by atoms with Crippen LogP contribution in [-0.2, 0) is 39.9 Å². The second kappa shape index (κ2) is 32.0. The van der Waals surface area contributed by atoms with Crippen molar-refractivity contribution in [3.05, 3.63) is 119 Å². The molecule has 4 aliphatic heterocycles. The lowest BCUT2D eigenvalue weighted by Crippen LogP contribution is -2.64. The zero-order chi connectivity index (χ0) is 67.4. The van der Waals surface area contributed by atoms with Gasteiger partial charge in [0, 0.05) is 55.3 Å². The van der Waals surface area contributed by atoms with Crippen LogP contribution in [0.1, 0.15) is 75.7 Å². The highest BCUT2D eigenvalue weighted by Crippen LogP contribution is 2.30. The largest absolute Gasteiger partial charge is 0.494 e. The van der Waals surface area contributed by atoms with E-state index in [2.05, 4.69) is 43.5 Å². The van der Waals surface area contributed by atoms with Crippen LogP contribution in [0.3, 0.4) is 0 Å². The van der Waals surface area contributed by atoms with Crippen molar-refractivity contribution >= 4 is 41.4 Å². The van der Waals surface area contributed by atoms with Gasteiger partial charge in [-0.15, -0.1) is 0 Å². The van der Waals surface area contributed by atoms with Crippen LogP contribution in [0.25, 0.3) is 32.7 Å². The molecule has 0 radical (unpaired) electrons. The van der Waals surface area contributed by atoms with Crippen LogP contribution in [0, 0.1) is 5.92 Å². The van der Waals surface area contributed by atoms with Gasteiger partial charge in [0.2, 0.25) is 41.7 Å². The second-order valence-electron chi connectivity index (χ2n) is 24.1. The Hall–Kier alpha value is -8.32. The minimum atomic E-state index is -2.06. The second-order valence-corrected chi connectivity index (χ2v) is 24.1. The summed E-state index contributed by atoms with van der Waals surface area (Å²) in [6.07, 6.45) is -16.4. The molecule has 7 amide bonds. The summed E-state index contributed by atoms with van der Waals surface area (Å²) in [7, 11) is 0. The molecule has 93 heavy (non-hydrogen) atoms. The van der Waals surface area contributed by atoms with E-state index in [1.807, 2.05) is 48.5 Å². The molecule has 14 N–H and O–H groups in total. The molecule has 18 atom stereocenters. The van der Waals surface area contributed by atoms with E-state index in [1.165, 1.54) is 43.3 Å². The molecule has 29 nitrogen and oxygen atoms in total. The number of ether oxygens (including phenoxy) is 3. The molecule has 8 rings (SSSR count). The Morgan fingerprint density at radius 3 is 1.82 bits per heavy atom. The van der Waals surface area contributed by atoms with E-state index in [-0.39, 0.29) is 23.4 Å². The minimum absolute atomic E-state index is 0.0222. The number of rotatable bonds is 18. The highest BCUT2D eigenvalue weighted by atomic mass is 16.7. The number of azide groups is 1. The molecule has 29 heteroatoms. The van der Waals surface area contributed by atoms with Crippen molar-refractivity contribution < 1.29 is 93.7 Å². The summed E-state index contributed by atoms with van der Waals surface area (Å²) in [6.45, 7) is 4.67. The van der Waals surface area contributed by atoms with E-state index in [9.17, 15) is 79.5 Å². The third kappa shape index (κ3) is 17.5. The highest BCUT2D eigenvalue weighted by molar-refractivity contribution is 6.00. The normalized spacial score (nSPS) is 29.4. The Morgan fingerprint density at radius 2 is 1.23 bits per heavy atom. The average Bonchev–Trinajstić information content (AvgIpc) is 1.70. The van der Waals surface area contributed by atoms with Gasteiger partial charge >= 0.3 is 0 Å². The molecule has 0 aliphatic carbocycles. The zero-order valence-corrected chi connectivity index (χ0v) is 51.8. The third-order valence-corrected chi connectivity index (χ3v) is 17.0. The van der Waals surface area contributed by atoms with Crippen molar-refractivity contribution in [3.8, 4) is 33.8 Å². The molecule has 0 saturated carbocycles. The van der Waals surface area contributed by atoms with Crippen LogP contribution < -0.4 is 36.1 Å². The number of amides is 7. The Kier molecular flexibility index (Phi) is 24.3. The molecule has 4 aliphatic rings. The molecule has 13 unspecified atom stereocenters. The zero-order valence-electron chi connectivity index (χ0n) is 51.8. The number of nitrogens with zero attached hydrogens (tertiary/aromatic N) is 5. The van der Waals surface area contributed by atoms with Gasteiger partial charge < -0.3 is 96.6 Å². The van der Waals surface area contributed by atoms with Crippen molar-refractivity contribution in [3.63, 3.8) is 0 Å². The molecular weight excluding hydrogens is 1210 g/mol. The van der Waals surface area contributed by atoms with Gasteiger partial charge in [0.1, 0.15) is 66.1 Å². The lowest BCUT2D eigenvalue weighted by atomic mass is 9.98. The van der Waals surface area contributed by atoms with E-state index < -0.39 is 190 Å². The standard InChI is InChI=1S/C64H82N10O19/c1-5-6-7-24-91-43-22-18-39(19-23-43)37-12-10-36(11-13-37)38-14-16-40(17-15-38)57(84)68-45-26-41(77)28-66-61(88)52-53(80)32(2)30-74(52)63(90)50(34(4)76)70-60(87)51(71-59(86)46-27-42(78)31-73(46)62(89)49(33(3)75)69-58(45)85)47(79)25-35-8-20-44(21-9-35)92-64-56(83)55(82)54(81)48(93-64)29-67-72-65/h8-23,32-34,41-42,45-56,64,75-83H,5-7,24-31H2,1-4H3,(H,66,88)(H,68,84)(H,69,85)(H,70,87)(H,71,86)/t32?,33?,34?,41?,42?,45?,46?,47?,48-,49?,50?,51?,52?,53?,54-,55+,56-,64-/m0/s1. The number of hydrogen-bond donors (Lipinski definition) is 14. The first kappa shape index (κ1) is 70.5. The lowest BCUT2D eigenvalue weighted by Gasteiger charge is -2.39. The van der Waals surface area contributed by atoms with Crippen LogP contribution in [0.2, 0.25) is 0 Å². The van der Waals surface area contributed by atoms with Crippen molar-refractivity contribution in [1.29, 1.82) is 0 Å². The number of β-amino-alcohol motifs (C(OH)–C–C–N with tert-alkyl or cyclic N) is 1. The van der Waals surface area contributed by atoms with E-state index in [0.717, 1.165) is 70.9 Å². The Morgan fingerprint density at radius 1 is 0.667 bits per heavy atom. The topological polar surface area (TPSA) is 445 Å². The number of fused-ring (bicyclic) bond motifs is 2. The number of carbonyl (C=O) groups is 7. The number of benzene rings is 4. The monoisotopic (exact) mass is 1290 g/mol. The number of nitrogens with one attached hydrogen (secondary N) is 5. The molecule has 4 aromatic carbocycles. The van der Waals surface area contributed by atoms with Gasteiger partial charge in [-0.1, -0.05) is 92.5 Å². The maximum Gasteiger partial charge on any atom is 0.251 e. The molecule has 4 aromatic rings. The Bertz CT molecular complexity index is 3280. The molecule has 4 heterocycles. The average molecular weight is 1300 g/mol. The number of aliphatic hydroxyl groups excluding tert-OH is 9. The van der Waals surface area contributed by atoms with Crippen LogP contribution in [0.4, 0.5) is 0 Å². The van der Waals surface area contributed by atoms with Gasteiger partial charge in [0.15, 0.2) is 0 Å². The first-order valence-electron chi connectivity index (χ1n) is 31.0. The minimum Gasteiger partial charge on any atom is -0.494 e. The van der Waals surface area contributed by atoms with Crippen LogP contribution in [0.15, 0.2) is 102 Å². The van der Waals surface area contributed by atoms with E-state index in [1.54, 1.807) is 12.1 Å². The molecule has 0 aromatic heterocycles. The molecule has 0 bridgehead atoms. The maximum atomic E-state index is 14.6. The highest BCUT2D eigenvalue weighted by Gasteiger charge is 2.50. The van der Waals surface area contributed by atoms with Crippen molar-refractivity contribution in [2.45, 2.75) is 170 Å². The van der Waals surface area contributed by atoms with E-state index >= 15 is 0 Å². The van der Waals surface area contributed by atoms with Crippen molar-refractivity contribution in [1.82, 2.24) is 36.4 Å². The van der Waals surface area contributed by atoms with E-state index in [4.69, 9.17) is 19.7 Å². The Balaban J connectivity index is 1.04. The molecule has 4 fully saturated rings. The van der Waals surface area contributed by atoms with Gasteiger partial charge in [0.05, 0.1) is 55.9 Å². The lowest BCUT2D eigenvalue weighted by molar-refractivity contribution is -0.269. The fourth-order valence-electron chi connectivity index (χ4n) is 11.7. The summed E-state index contributed by atoms with van der Waals surface area (Å²) < 4.78 is 17.1. The predicted molar refractivity (Wildman–Crippen MR) is 331 cm³/mol. The van der Waals surface area contributed by atoms with Crippen molar-refractivity contribution in [2.24, 2.45) is 11.0 Å². The van der Waals surface area contributed by atoms with Gasteiger partial charge in [-0.25, -0.2) is 0 Å². The first-order chi connectivity index (χ1) is 44.4. The summed E-state index contributed by atoms with van der Waals surface area (Å²) in [5.41, 5.74) is 12.6. The first-order valence-corrected chi connectivity index (χ1v) is 31.0. The molecule has 0 spiro atoms. The molecular formula is C64H82N10O19. The number of unbranched alkanes of at least 4 members (excludes halogenated alkanes) is 2. The fourth-order valence-corrected chi connectivity index (χ4v) is 11.7. The van der Waals surface area contributed by atoms with Gasteiger partial charge in [-0.05, 0) is 90.0 Å². The van der Waals surface area contributed by atoms with Crippen LogP contribution in [-0.4, -0.2) is 233 Å². The van der Waals surface area contributed by atoms with Gasteiger partial charge in [0.25, 0.3) is 5.91 Å². The Labute approximate surface area is 535 Å². The summed E-state index contributed by atoms with van der Waals surface area (Å²) in [5.74, 6) is -7.57. The van der Waals surface area contributed by atoms with E-state index in [0.29, 0.717) is 6.61 Å². The van der Waals surface area contributed by atoms with Gasteiger partial charge in [-0.3, -0.25) is 33.6 Å². The summed E-state index contributed by atoms with van der Waals surface area (Å²) in [5, 5.41) is 115. The van der Waals surface area contributed by atoms with Crippen LogP contribution >= 0.6 is 0 Å². The van der Waals surface area contributed by atoms with Crippen molar-refractivity contribution in [2.75, 3.05) is 32.8 Å². The number of hydrogen-bond acceptors (Lipinski definition) is 20. The van der Waals surface area contributed by atoms with Crippen LogP contribution in [0.5, 0.6) is 11.5 Å². The third-order valence-electron chi connectivity index (χ3n) is 17.0. The number of carbonyl (C=O) groups excluding carboxylic acids is 7. The molecule has 502 valence electrons. The summed E-state index contributed by atoms with van der Waals surface area (Å²) >= 11 is 0. The summed E-state index contributed by atoms with van der Waals surface area (Å²) in [6, 6.07) is 16.5. The van der Waals surface area contributed by atoms with Gasteiger partial charge in [-0.2, -0.15) is 0 Å².